The first-order chi connectivity index (χ1) is 10.8. The van der Waals surface area contributed by atoms with Crippen molar-refractivity contribution < 1.29 is 9.53 Å². The number of anilines is 1. The van der Waals surface area contributed by atoms with E-state index >= 15 is 0 Å². The molecule has 0 spiro atoms. The molecule has 0 saturated carbocycles. The zero-order valence-corrected chi connectivity index (χ0v) is 12.2. The average molecular weight is 292 g/mol. The summed E-state index contributed by atoms with van der Waals surface area (Å²) in [5, 5.41) is 4.06. The number of hydrogen-bond acceptors (Lipinski definition) is 2. The Labute approximate surface area is 128 Å². The summed E-state index contributed by atoms with van der Waals surface area (Å²) < 4.78 is 5.30. The average Bonchev–Trinajstić information content (AvgIpc) is 3.09. The van der Waals surface area contributed by atoms with Gasteiger partial charge in [0.05, 0.1) is 13.0 Å². The fourth-order valence-corrected chi connectivity index (χ4v) is 3.15. The molecule has 4 rings (SSSR count). The van der Waals surface area contributed by atoms with Gasteiger partial charge in [-0.25, -0.2) is 0 Å². The van der Waals surface area contributed by atoms with Gasteiger partial charge in [0.25, 0.3) is 0 Å². The summed E-state index contributed by atoms with van der Waals surface area (Å²) in [4.78, 5) is 15.5. The van der Waals surface area contributed by atoms with Gasteiger partial charge in [0, 0.05) is 22.8 Å². The van der Waals surface area contributed by atoms with Crippen LogP contribution in [-0.2, 0) is 11.2 Å². The largest absolute Gasteiger partial charge is 0.497 e. The molecule has 1 aliphatic rings. The summed E-state index contributed by atoms with van der Waals surface area (Å²) in [7, 11) is 1.66. The number of carbonyl (C=O) groups excluding carboxylic acids is 1. The maximum absolute atomic E-state index is 12.3. The fraction of sp³-hybridized carbons (Fsp3) is 0.167. The number of amides is 1. The Morgan fingerprint density at radius 2 is 2.05 bits per heavy atom. The molecule has 2 heterocycles. The summed E-state index contributed by atoms with van der Waals surface area (Å²) >= 11 is 0. The zero-order valence-electron chi connectivity index (χ0n) is 12.2. The third kappa shape index (κ3) is 1.96. The Bertz CT molecular complexity index is 866. The lowest BCUT2D eigenvalue weighted by atomic mass is 9.93. The van der Waals surface area contributed by atoms with Gasteiger partial charge < -0.3 is 15.0 Å². The molecule has 0 bridgehead atoms. The summed E-state index contributed by atoms with van der Waals surface area (Å²) in [6, 6.07) is 13.8. The number of rotatable bonds is 3. The van der Waals surface area contributed by atoms with Gasteiger partial charge >= 0.3 is 0 Å². The maximum atomic E-state index is 12.3. The lowest BCUT2D eigenvalue weighted by Crippen LogP contribution is -2.14. The van der Waals surface area contributed by atoms with Crippen LogP contribution in [0.4, 0.5) is 5.69 Å². The number of nitrogens with one attached hydrogen (secondary N) is 2. The number of benzene rings is 2. The Balaban J connectivity index is 1.73. The van der Waals surface area contributed by atoms with Crippen LogP contribution in [0.1, 0.15) is 17.0 Å². The molecule has 1 aliphatic heterocycles. The smallest absolute Gasteiger partial charge is 0.232 e. The third-order valence-corrected chi connectivity index (χ3v) is 4.31. The van der Waals surface area contributed by atoms with Gasteiger partial charge in [0.15, 0.2) is 0 Å². The molecule has 1 atom stereocenters. The number of methoxy groups -OCH3 is 1. The van der Waals surface area contributed by atoms with E-state index < -0.39 is 0 Å². The molecule has 3 aromatic rings. The van der Waals surface area contributed by atoms with E-state index in [1.807, 2.05) is 48.7 Å². The molecule has 4 nitrogen and oxygen atoms in total. The number of aromatic amines is 1. The number of para-hydroxylation sites is 1. The molecule has 2 aromatic carbocycles. The number of aromatic nitrogens is 1. The van der Waals surface area contributed by atoms with Crippen molar-refractivity contribution in [1.29, 1.82) is 0 Å². The van der Waals surface area contributed by atoms with Crippen molar-refractivity contribution in [1.82, 2.24) is 4.98 Å². The Hall–Kier alpha value is -2.75. The number of H-pyrrole nitrogens is 1. The highest BCUT2D eigenvalue weighted by atomic mass is 16.5. The minimum Gasteiger partial charge on any atom is -0.497 e. The standard InChI is InChI=1S/C18H16N2O2/c1-22-12-6-7-16-14(9-12)11(10-19-16)8-15-13-4-2-3-5-17(13)20-18(15)21/h2-7,9-10,15,19H,8H2,1H3,(H,20,21). The van der Waals surface area contributed by atoms with E-state index in [4.69, 9.17) is 4.74 Å². The van der Waals surface area contributed by atoms with Crippen LogP contribution in [0, 0.1) is 0 Å². The van der Waals surface area contributed by atoms with Crippen LogP contribution in [0.2, 0.25) is 0 Å². The first-order valence-corrected chi connectivity index (χ1v) is 7.30. The van der Waals surface area contributed by atoms with E-state index in [1.54, 1.807) is 7.11 Å². The van der Waals surface area contributed by atoms with E-state index in [9.17, 15) is 4.79 Å². The molecule has 1 aromatic heterocycles. The van der Waals surface area contributed by atoms with Crippen molar-refractivity contribution >= 4 is 22.5 Å². The number of carbonyl (C=O) groups is 1. The number of hydrogen-bond donors (Lipinski definition) is 2. The monoisotopic (exact) mass is 292 g/mol. The van der Waals surface area contributed by atoms with E-state index in [-0.39, 0.29) is 11.8 Å². The highest BCUT2D eigenvalue weighted by molar-refractivity contribution is 6.03. The predicted octanol–water partition coefficient (Wildman–Crippen LogP) is 3.45. The van der Waals surface area contributed by atoms with Crippen LogP contribution in [0.25, 0.3) is 10.9 Å². The number of fused-ring (bicyclic) bond motifs is 2. The van der Waals surface area contributed by atoms with Crippen molar-refractivity contribution in [3.05, 3.63) is 59.8 Å². The van der Waals surface area contributed by atoms with Crippen LogP contribution < -0.4 is 10.1 Å². The van der Waals surface area contributed by atoms with Crippen LogP contribution >= 0.6 is 0 Å². The van der Waals surface area contributed by atoms with Crippen LogP contribution in [-0.4, -0.2) is 18.0 Å². The van der Waals surface area contributed by atoms with Crippen LogP contribution in [0.3, 0.4) is 0 Å². The van der Waals surface area contributed by atoms with E-state index in [1.165, 1.54) is 0 Å². The quantitative estimate of drug-likeness (QED) is 0.777. The van der Waals surface area contributed by atoms with Gasteiger partial charge in [0.1, 0.15) is 5.75 Å². The summed E-state index contributed by atoms with van der Waals surface area (Å²) in [5.41, 5.74) is 4.19. The molecular weight excluding hydrogens is 276 g/mol. The van der Waals surface area contributed by atoms with Gasteiger partial charge in [-0.1, -0.05) is 18.2 Å². The van der Waals surface area contributed by atoms with Gasteiger partial charge in [-0.3, -0.25) is 4.79 Å². The second-order valence-electron chi connectivity index (χ2n) is 5.56. The first-order valence-electron chi connectivity index (χ1n) is 7.30. The van der Waals surface area contributed by atoms with Gasteiger partial charge in [0.2, 0.25) is 5.91 Å². The van der Waals surface area contributed by atoms with Crippen molar-refractivity contribution in [2.75, 3.05) is 12.4 Å². The highest BCUT2D eigenvalue weighted by Crippen LogP contribution is 2.36. The molecular formula is C18H16N2O2. The Kier molecular flexibility index (Phi) is 2.89. The second kappa shape index (κ2) is 4.91. The van der Waals surface area contributed by atoms with Crippen molar-refractivity contribution in [2.24, 2.45) is 0 Å². The Morgan fingerprint density at radius 3 is 2.91 bits per heavy atom. The molecule has 22 heavy (non-hydrogen) atoms. The minimum absolute atomic E-state index is 0.0680. The van der Waals surface area contributed by atoms with E-state index in [2.05, 4.69) is 10.3 Å². The second-order valence-corrected chi connectivity index (χ2v) is 5.56. The van der Waals surface area contributed by atoms with Gasteiger partial charge in [-0.05, 0) is 41.8 Å². The molecule has 1 unspecified atom stereocenters. The molecule has 110 valence electrons. The minimum atomic E-state index is -0.138. The molecule has 4 heteroatoms. The third-order valence-electron chi connectivity index (χ3n) is 4.31. The molecule has 0 aliphatic carbocycles. The molecule has 0 fully saturated rings. The first kappa shape index (κ1) is 13.0. The van der Waals surface area contributed by atoms with Gasteiger partial charge in [-0.2, -0.15) is 0 Å². The highest BCUT2D eigenvalue weighted by Gasteiger charge is 2.30. The molecule has 0 radical (unpaired) electrons. The Morgan fingerprint density at radius 1 is 1.18 bits per heavy atom. The van der Waals surface area contributed by atoms with E-state index in [0.29, 0.717) is 6.42 Å². The SMILES string of the molecule is COc1ccc2[nH]cc(CC3C(=O)Nc4ccccc43)c2c1. The normalized spacial score (nSPS) is 16.6. The van der Waals surface area contributed by atoms with E-state index in [0.717, 1.165) is 33.5 Å². The fourth-order valence-electron chi connectivity index (χ4n) is 3.15. The molecule has 1 amide bonds. The van der Waals surface area contributed by atoms with Crippen LogP contribution in [0.15, 0.2) is 48.7 Å². The molecule has 0 saturated heterocycles. The summed E-state index contributed by atoms with van der Waals surface area (Å²) in [5.74, 6) is 0.754. The summed E-state index contributed by atoms with van der Waals surface area (Å²) in [6.45, 7) is 0. The van der Waals surface area contributed by atoms with Crippen LogP contribution in [0.5, 0.6) is 5.75 Å². The van der Waals surface area contributed by atoms with Gasteiger partial charge in [-0.15, -0.1) is 0 Å². The number of ether oxygens (including phenoxy) is 1. The topological polar surface area (TPSA) is 54.1 Å². The predicted molar refractivity (Wildman–Crippen MR) is 86.4 cm³/mol. The molecule has 2 N–H and O–H groups in total. The lowest BCUT2D eigenvalue weighted by Gasteiger charge is -2.08. The maximum Gasteiger partial charge on any atom is 0.232 e. The van der Waals surface area contributed by atoms with Crippen molar-refractivity contribution in [3.63, 3.8) is 0 Å². The lowest BCUT2D eigenvalue weighted by molar-refractivity contribution is -0.117. The van der Waals surface area contributed by atoms with Crippen molar-refractivity contribution in [3.8, 4) is 5.75 Å². The zero-order chi connectivity index (χ0) is 15.1. The van der Waals surface area contributed by atoms with Crippen molar-refractivity contribution in [2.45, 2.75) is 12.3 Å². The summed E-state index contributed by atoms with van der Waals surface area (Å²) in [6.07, 6.45) is 2.66.